The van der Waals surface area contributed by atoms with E-state index >= 15 is 0 Å². The van der Waals surface area contributed by atoms with Crippen LogP contribution < -0.4 is 11.2 Å². The monoisotopic (exact) mass is 224 g/mol. The topological polar surface area (TPSA) is 61.1 Å². The van der Waals surface area contributed by atoms with E-state index in [0.29, 0.717) is 6.42 Å². The van der Waals surface area contributed by atoms with Gasteiger partial charge in [-0.15, -0.1) is 0 Å². The maximum absolute atomic E-state index is 11.9. The second-order valence-electron chi connectivity index (χ2n) is 3.97. The van der Waals surface area contributed by atoms with Crippen molar-refractivity contribution in [2.45, 2.75) is 20.3 Å². The molecule has 16 heavy (non-hydrogen) atoms. The van der Waals surface area contributed by atoms with E-state index in [4.69, 9.17) is 0 Å². The number of hydrogen-bond donors (Lipinski definition) is 0. The number of aryl methyl sites for hydroxylation is 1. The zero-order valence-electron chi connectivity index (χ0n) is 9.98. The van der Waals surface area contributed by atoms with E-state index < -0.39 is 11.2 Å². The van der Waals surface area contributed by atoms with Gasteiger partial charge in [0.05, 0.1) is 5.56 Å². The van der Waals surface area contributed by atoms with Crippen molar-refractivity contribution >= 4 is 5.78 Å². The molecule has 0 amide bonds. The first-order chi connectivity index (χ1) is 7.40. The molecule has 0 aliphatic heterocycles. The summed E-state index contributed by atoms with van der Waals surface area (Å²) in [4.78, 5) is 35.0. The van der Waals surface area contributed by atoms with Crippen LogP contribution >= 0.6 is 0 Å². The van der Waals surface area contributed by atoms with Gasteiger partial charge in [-0.1, -0.05) is 13.8 Å². The van der Waals surface area contributed by atoms with E-state index in [0.717, 1.165) is 4.57 Å². The van der Waals surface area contributed by atoms with Crippen LogP contribution in [0.25, 0.3) is 0 Å². The van der Waals surface area contributed by atoms with E-state index in [1.54, 1.807) is 6.92 Å². The standard InChI is InChI=1S/C11H16N2O3/c1-5-7(2)9(14)8-6-12(3)11(16)13(4)10(8)15/h6-7H,5H2,1-4H3. The lowest BCUT2D eigenvalue weighted by Crippen LogP contribution is -2.40. The lowest BCUT2D eigenvalue weighted by molar-refractivity contribution is 0.0924. The van der Waals surface area contributed by atoms with Crippen LogP contribution in [0.3, 0.4) is 0 Å². The van der Waals surface area contributed by atoms with Crippen molar-refractivity contribution < 1.29 is 4.79 Å². The number of ketones is 1. The van der Waals surface area contributed by atoms with Crippen molar-refractivity contribution in [2.24, 2.45) is 20.0 Å². The maximum atomic E-state index is 11.9. The Hall–Kier alpha value is -1.65. The molecule has 5 nitrogen and oxygen atoms in total. The summed E-state index contributed by atoms with van der Waals surface area (Å²) < 4.78 is 2.20. The molecule has 0 aliphatic rings. The highest BCUT2D eigenvalue weighted by Crippen LogP contribution is 2.07. The third-order valence-electron chi connectivity index (χ3n) is 2.77. The molecule has 1 aromatic rings. The van der Waals surface area contributed by atoms with Gasteiger partial charge in [0.15, 0.2) is 5.78 Å². The van der Waals surface area contributed by atoms with Crippen LogP contribution in [0, 0.1) is 5.92 Å². The van der Waals surface area contributed by atoms with Gasteiger partial charge in [-0.2, -0.15) is 0 Å². The van der Waals surface area contributed by atoms with Crippen LogP contribution in [-0.2, 0) is 14.1 Å². The Labute approximate surface area is 93.3 Å². The molecule has 0 saturated carbocycles. The molecule has 1 unspecified atom stereocenters. The van der Waals surface area contributed by atoms with E-state index in [-0.39, 0.29) is 17.3 Å². The van der Waals surface area contributed by atoms with Gasteiger partial charge >= 0.3 is 5.69 Å². The molecule has 0 saturated heterocycles. The highest BCUT2D eigenvalue weighted by molar-refractivity contribution is 5.96. The molecule has 1 heterocycles. The predicted octanol–water partition coefficient (Wildman–Crippen LogP) is 0.313. The van der Waals surface area contributed by atoms with Crippen LogP contribution in [0.4, 0.5) is 0 Å². The van der Waals surface area contributed by atoms with Crippen molar-refractivity contribution in [2.75, 3.05) is 0 Å². The van der Waals surface area contributed by atoms with Gasteiger partial charge in [0.25, 0.3) is 5.56 Å². The van der Waals surface area contributed by atoms with Crippen molar-refractivity contribution in [1.29, 1.82) is 0 Å². The molecule has 0 bridgehead atoms. The number of carbonyl (C=O) groups is 1. The molecule has 1 rings (SSSR count). The Morgan fingerprint density at radius 2 is 1.94 bits per heavy atom. The molecule has 0 spiro atoms. The maximum Gasteiger partial charge on any atom is 0.330 e. The lowest BCUT2D eigenvalue weighted by Gasteiger charge is -2.09. The summed E-state index contributed by atoms with van der Waals surface area (Å²) >= 11 is 0. The Balaban J connectivity index is 3.43. The fourth-order valence-corrected chi connectivity index (χ4v) is 1.43. The van der Waals surface area contributed by atoms with E-state index in [9.17, 15) is 14.4 Å². The summed E-state index contributed by atoms with van der Waals surface area (Å²) in [6.07, 6.45) is 1.99. The van der Waals surface area contributed by atoms with Crippen molar-refractivity contribution in [3.05, 3.63) is 32.6 Å². The van der Waals surface area contributed by atoms with Crippen LogP contribution in [0.15, 0.2) is 15.8 Å². The second-order valence-corrected chi connectivity index (χ2v) is 3.97. The summed E-state index contributed by atoms with van der Waals surface area (Å²) in [5, 5.41) is 0. The van der Waals surface area contributed by atoms with Gasteiger partial charge in [0, 0.05) is 26.2 Å². The number of Topliss-reactive ketones (excluding diaryl/α,β-unsaturated/α-hetero) is 1. The molecule has 0 fully saturated rings. The van der Waals surface area contributed by atoms with E-state index in [2.05, 4.69) is 0 Å². The molecule has 0 aliphatic carbocycles. The van der Waals surface area contributed by atoms with Crippen molar-refractivity contribution in [3.63, 3.8) is 0 Å². The summed E-state index contributed by atoms with van der Waals surface area (Å²) in [7, 11) is 2.90. The lowest BCUT2D eigenvalue weighted by atomic mass is 9.99. The minimum atomic E-state index is -0.520. The highest BCUT2D eigenvalue weighted by Gasteiger charge is 2.18. The van der Waals surface area contributed by atoms with E-state index in [1.165, 1.54) is 24.9 Å². The molecule has 88 valence electrons. The molecular formula is C11H16N2O3. The number of aromatic nitrogens is 2. The first-order valence-electron chi connectivity index (χ1n) is 5.21. The number of carbonyl (C=O) groups excluding carboxylic acids is 1. The molecular weight excluding hydrogens is 208 g/mol. The van der Waals surface area contributed by atoms with Gasteiger partial charge in [0.2, 0.25) is 0 Å². The molecule has 0 N–H and O–H groups in total. The van der Waals surface area contributed by atoms with E-state index in [1.807, 2.05) is 6.92 Å². The largest absolute Gasteiger partial charge is 0.330 e. The van der Waals surface area contributed by atoms with Gasteiger partial charge in [-0.05, 0) is 6.42 Å². The minimum absolute atomic E-state index is 0.0824. The van der Waals surface area contributed by atoms with Crippen LogP contribution in [-0.4, -0.2) is 14.9 Å². The van der Waals surface area contributed by atoms with Crippen LogP contribution in [0.1, 0.15) is 30.6 Å². The molecule has 0 radical (unpaired) electrons. The quantitative estimate of drug-likeness (QED) is 0.694. The third kappa shape index (κ3) is 1.98. The summed E-state index contributed by atoms with van der Waals surface area (Å²) in [5.74, 6) is -0.413. The van der Waals surface area contributed by atoms with Crippen molar-refractivity contribution in [1.82, 2.24) is 9.13 Å². The fourth-order valence-electron chi connectivity index (χ4n) is 1.43. The first kappa shape index (κ1) is 12.4. The SMILES string of the molecule is CCC(C)C(=O)c1cn(C)c(=O)n(C)c1=O. The molecule has 5 heteroatoms. The van der Waals surface area contributed by atoms with Crippen LogP contribution in [0.5, 0.6) is 0 Å². The summed E-state index contributed by atoms with van der Waals surface area (Å²) in [5.41, 5.74) is -0.863. The molecule has 1 atom stereocenters. The number of hydrogen-bond acceptors (Lipinski definition) is 3. The summed E-state index contributed by atoms with van der Waals surface area (Å²) in [6, 6.07) is 0. The Kier molecular flexibility index (Phi) is 3.47. The predicted molar refractivity (Wildman–Crippen MR) is 60.7 cm³/mol. The average Bonchev–Trinajstić information content (AvgIpc) is 2.29. The van der Waals surface area contributed by atoms with Crippen LogP contribution in [0.2, 0.25) is 0 Å². The number of rotatable bonds is 3. The molecule has 0 aromatic carbocycles. The third-order valence-corrected chi connectivity index (χ3v) is 2.77. The highest BCUT2D eigenvalue weighted by atomic mass is 16.2. The zero-order chi connectivity index (χ0) is 12.5. The van der Waals surface area contributed by atoms with Gasteiger partial charge < -0.3 is 4.57 Å². The summed E-state index contributed by atoms with van der Waals surface area (Å²) in [6.45, 7) is 3.65. The Morgan fingerprint density at radius 3 is 2.44 bits per heavy atom. The molecule has 1 aromatic heterocycles. The minimum Gasteiger partial charge on any atom is -0.303 e. The van der Waals surface area contributed by atoms with Gasteiger partial charge in [-0.25, -0.2) is 4.79 Å². The van der Waals surface area contributed by atoms with Crippen molar-refractivity contribution in [3.8, 4) is 0 Å². The second kappa shape index (κ2) is 4.47. The fraction of sp³-hybridized carbons (Fsp3) is 0.545. The smallest absolute Gasteiger partial charge is 0.303 e. The average molecular weight is 224 g/mol. The normalized spacial score (nSPS) is 12.5. The van der Waals surface area contributed by atoms with Gasteiger partial charge in [-0.3, -0.25) is 14.2 Å². The zero-order valence-corrected chi connectivity index (χ0v) is 9.98. The Bertz CT molecular complexity index is 525. The first-order valence-corrected chi connectivity index (χ1v) is 5.21. The Morgan fingerprint density at radius 1 is 1.38 bits per heavy atom. The number of nitrogens with zero attached hydrogens (tertiary/aromatic N) is 2. The van der Waals surface area contributed by atoms with Gasteiger partial charge in [0.1, 0.15) is 0 Å².